The Hall–Kier alpha value is -1.89. The van der Waals surface area contributed by atoms with Crippen molar-refractivity contribution in [2.75, 3.05) is 19.7 Å². The summed E-state index contributed by atoms with van der Waals surface area (Å²) < 4.78 is 33.4. The number of piperidine rings is 1. The highest BCUT2D eigenvalue weighted by molar-refractivity contribution is 7.89. The summed E-state index contributed by atoms with van der Waals surface area (Å²) in [5.74, 6) is 0.863. The van der Waals surface area contributed by atoms with Crippen LogP contribution in [0.2, 0.25) is 0 Å². The van der Waals surface area contributed by atoms with Crippen molar-refractivity contribution in [2.24, 2.45) is 0 Å². The van der Waals surface area contributed by atoms with Gasteiger partial charge in [-0.1, -0.05) is 42.8 Å². The van der Waals surface area contributed by atoms with Gasteiger partial charge < -0.3 is 10.1 Å². The number of hydrogen-bond donors (Lipinski definition) is 1. The van der Waals surface area contributed by atoms with Crippen molar-refractivity contribution in [1.82, 2.24) is 9.62 Å². The Morgan fingerprint density at radius 3 is 2.30 bits per heavy atom. The van der Waals surface area contributed by atoms with Gasteiger partial charge in [-0.2, -0.15) is 4.31 Å². The average molecular weight is 389 g/mol. The van der Waals surface area contributed by atoms with Gasteiger partial charge in [0, 0.05) is 31.7 Å². The molecule has 1 N–H and O–H groups in total. The van der Waals surface area contributed by atoms with Gasteiger partial charge in [0.15, 0.2) is 0 Å². The average Bonchev–Trinajstić information content (AvgIpc) is 2.70. The van der Waals surface area contributed by atoms with Crippen LogP contribution in [0.3, 0.4) is 0 Å². The van der Waals surface area contributed by atoms with Gasteiger partial charge in [-0.15, -0.1) is 0 Å². The Kier molecular flexibility index (Phi) is 6.88. The van der Waals surface area contributed by atoms with Crippen LogP contribution in [0.4, 0.5) is 0 Å². The van der Waals surface area contributed by atoms with Gasteiger partial charge in [-0.3, -0.25) is 0 Å². The fourth-order valence-electron chi connectivity index (χ4n) is 3.42. The molecule has 3 rings (SSSR count). The molecule has 0 radical (unpaired) electrons. The molecule has 0 atom stereocenters. The summed E-state index contributed by atoms with van der Waals surface area (Å²) in [4.78, 5) is 0.414. The topological polar surface area (TPSA) is 58.6 Å². The van der Waals surface area contributed by atoms with E-state index in [0.29, 0.717) is 37.7 Å². The number of benzene rings is 2. The molecule has 1 aliphatic heterocycles. The molecule has 5 nitrogen and oxygen atoms in total. The van der Waals surface area contributed by atoms with Crippen molar-refractivity contribution in [3.63, 3.8) is 0 Å². The molecule has 0 unspecified atom stereocenters. The van der Waals surface area contributed by atoms with Crippen LogP contribution in [0.25, 0.3) is 0 Å². The van der Waals surface area contributed by atoms with Crippen LogP contribution in [-0.2, 0) is 23.1 Å². The van der Waals surface area contributed by atoms with E-state index in [-0.39, 0.29) is 0 Å². The first-order valence-corrected chi connectivity index (χ1v) is 11.1. The van der Waals surface area contributed by atoms with Gasteiger partial charge in [0.25, 0.3) is 0 Å². The first-order chi connectivity index (χ1) is 13.1. The maximum absolute atomic E-state index is 13.1. The number of nitrogens with zero attached hydrogens (tertiary/aromatic N) is 1. The highest BCUT2D eigenvalue weighted by Gasteiger charge is 2.27. The summed E-state index contributed by atoms with van der Waals surface area (Å²) in [5.41, 5.74) is 1.87. The van der Waals surface area contributed by atoms with E-state index < -0.39 is 10.0 Å². The minimum atomic E-state index is -3.44. The molecule has 1 aliphatic rings. The molecule has 2 aromatic carbocycles. The Balaban J connectivity index is 1.71. The predicted octanol–water partition coefficient (Wildman–Crippen LogP) is 3.55. The van der Waals surface area contributed by atoms with Crippen LogP contribution < -0.4 is 10.1 Å². The fraction of sp³-hybridized carbons (Fsp3) is 0.429. The van der Waals surface area contributed by atoms with Crippen molar-refractivity contribution in [1.29, 1.82) is 0 Å². The van der Waals surface area contributed by atoms with Gasteiger partial charge in [0.2, 0.25) is 10.0 Å². The van der Waals surface area contributed by atoms with Crippen LogP contribution >= 0.6 is 0 Å². The van der Waals surface area contributed by atoms with E-state index >= 15 is 0 Å². The van der Waals surface area contributed by atoms with Crippen molar-refractivity contribution in [3.05, 3.63) is 59.7 Å². The molecule has 0 amide bonds. The van der Waals surface area contributed by atoms with E-state index in [1.807, 2.05) is 43.3 Å². The van der Waals surface area contributed by atoms with E-state index in [1.165, 1.54) is 0 Å². The third-order valence-electron chi connectivity index (χ3n) is 4.81. The van der Waals surface area contributed by atoms with E-state index in [9.17, 15) is 8.42 Å². The lowest BCUT2D eigenvalue weighted by Crippen LogP contribution is -2.36. The molecule has 0 aromatic heterocycles. The summed E-state index contributed by atoms with van der Waals surface area (Å²) in [6.07, 6.45) is 2.98. The molecule has 6 heteroatoms. The first-order valence-electron chi connectivity index (χ1n) is 9.62. The normalized spacial score (nSPS) is 15.6. The van der Waals surface area contributed by atoms with Crippen LogP contribution in [0.1, 0.15) is 37.3 Å². The number of rotatable bonds is 8. The molecule has 0 bridgehead atoms. The molecule has 1 heterocycles. The SMILES string of the molecule is CCOc1ccccc1CNCc1ccccc1S(=O)(=O)N1CCCCC1. The molecule has 1 fully saturated rings. The maximum atomic E-state index is 13.1. The second kappa shape index (κ2) is 9.35. The van der Waals surface area contributed by atoms with E-state index in [1.54, 1.807) is 16.4 Å². The zero-order valence-electron chi connectivity index (χ0n) is 15.9. The van der Waals surface area contributed by atoms with Gasteiger partial charge >= 0.3 is 0 Å². The summed E-state index contributed by atoms with van der Waals surface area (Å²) in [5, 5.41) is 3.37. The third-order valence-corrected chi connectivity index (χ3v) is 6.81. The lowest BCUT2D eigenvalue weighted by atomic mass is 10.2. The molecular formula is C21H28N2O3S. The molecule has 0 aliphatic carbocycles. The molecule has 146 valence electrons. The minimum absolute atomic E-state index is 0.414. The molecular weight excluding hydrogens is 360 g/mol. The van der Waals surface area contributed by atoms with E-state index in [4.69, 9.17) is 4.74 Å². The van der Waals surface area contributed by atoms with Gasteiger partial charge in [0.05, 0.1) is 11.5 Å². The summed E-state index contributed by atoms with van der Waals surface area (Å²) in [7, 11) is -3.44. The fourth-order valence-corrected chi connectivity index (χ4v) is 5.16. The number of nitrogens with one attached hydrogen (secondary N) is 1. The van der Waals surface area contributed by atoms with Crippen LogP contribution in [-0.4, -0.2) is 32.4 Å². The Morgan fingerprint density at radius 2 is 1.56 bits per heavy atom. The molecule has 0 spiro atoms. The Labute approximate surface area is 162 Å². The molecule has 0 saturated carbocycles. The van der Waals surface area contributed by atoms with Crippen molar-refractivity contribution in [2.45, 2.75) is 44.2 Å². The zero-order chi connectivity index (χ0) is 19.1. The molecule has 2 aromatic rings. The van der Waals surface area contributed by atoms with Crippen molar-refractivity contribution in [3.8, 4) is 5.75 Å². The highest BCUT2D eigenvalue weighted by atomic mass is 32.2. The monoisotopic (exact) mass is 388 g/mol. The number of para-hydroxylation sites is 1. The zero-order valence-corrected chi connectivity index (χ0v) is 16.7. The standard InChI is InChI=1S/C21H28N2O3S/c1-2-26-20-12-6-4-10-18(20)16-22-17-19-11-5-7-13-21(19)27(24,25)23-14-8-3-9-15-23/h4-7,10-13,22H,2-3,8-9,14-17H2,1H3. The van der Waals surface area contributed by atoms with Gasteiger partial charge in [-0.25, -0.2) is 8.42 Å². The lowest BCUT2D eigenvalue weighted by molar-refractivity contribution is 0.335. The summed E-state index contributed by atoms with van der Waals surface area (Å²) >= 11 is 0. The molecule has 1 saturated heterocycles. The first kappa shape index (κ1) is 19.9. The van der Waals surface area contributed by atoms with E-state index in [0.717, 1.165) is 36.1 Å². The van der Waals surface area contributed by atoms with E-state index in [2.05, 4.69) is 5.32 Å². The number of sulfonamides is 1. The van der Waals surface area contributed by atoms with Crippen LogP contribution in [0.15, 0.2) is 53.4 Å². The minimum Gasteiger partial charge on any atom is -0.494 e. The third kappa shape index (κ3) is 4.89. The van der Waals surface area contributed by atoms with Crippen molar-refractivity contribution < 1.29 is 13.2 Å². The lowest BCUT2D eigenvalue weighted by Gasteiger charge is -2.26. The Bertz CT molecular complexity index is 846. The second-order valence-corrected chi connectivity index (χ2v) is 8.62. The van der Waals surface area contributed by atoms with Crippen LogP contribution in [0.5, 0.6) is 5.75 Å². The summed E-state index contributed by atoms with van der Waals surface area (Å²) in [6.45, 7) is 4.93. The second-order valence-electron chi connectivity index (χ2n) is 6.72. The predicted molar refractivity (Wildman–Crippen MR) is 107 cm³/mol. The van der Waals surface area contributed by atoms with Gasteiger partial charge in [0.1, 0.15) is 5.75 Å². The summed E-state index contributed by atoms with van der Waals surface area (Å²) in [6, 6.07) is 15.2. The molecule has 27 heavy (non-hydrogen) atoms. The van der Waals surface area contributed by atoms with Crippen molar-refractivity contribution >= 4 is 10.0 Å². The quantitative estimate of drug-likeness (QED) is 0.751. The van der Waals surface area contributed by atoms with Crippen LogP contribution in [0, 0.1) is 0 Å². The number of ether oxygens (including phenoxy) is 1. The number of hydrogen-bond acceptors (Lipinski definition) is 4. The maximum Gasteiger partial charge on any atom is 0.243 e. The Morgan fingerprint density at radius 1 is 0.926 bits per heavy atom. The van der Waals surface area contributed by atoms with Gasteiger partial charge in [-0.05, 0) is 37.5 Å². The largest absolute Gasteiger partial charge is 0.494 e. The smallest absolute Gasteiger partial charge is 0.243 e. The highest BCUT2D eigenvalue weighted by Crippen LogP contribution is 2.24.